The fourth-order valence-corrected chi connectivity index (χ4v) is 5.02. The van der Waals surface area contributed by atoms with Crippen LogP contribution in [0.15, 0.2) is 30.3 Å². The number of likely N-dealkylation sites (tertiary alicyclic amines) is 1. The Kier molecular flexibility index (Phi) is 4.15. The summed E-state index contributed by atoms with van der Waals surface area (Å²) >= 11 is 2.17. The van der Waals surface area contributed by atoms with E-state index in [0.717, 1.165) is 11.8 Å². The molecule has 2 saturated heterocycles. The predicted molar refractivity (Wildman–Crippen MR) is 83.4 cm³/mol. The maximum absolute atomic E-state index is 3.80. The van der Waals surface area contributed by atoms with Crippen molar-refractivity contribution in [3.63, 3.8) is 0 Å². The van der Waals surface area contributed by atoms with E-state index < -0.39 is 0 Å². The monoisotopic (exact) mass is 276 g/mol. The van der Waals surface area contributed by atoms with Crippen LogP contribution in [0, 0.1) is 0 Å². The molecule has 0 aromatic heterocycles. The van der Waals surface area contributed by atoms with Gasteiger partial charge in [0.05, 0.1) is 4.87 Å². The summed E-state index contributed by atoms with van der Waals surface area (Å²) in [6.07, 6.45) is 3.96. The fraction of sp³-hybridized carbons (Fsp3) is 0.625. The molecule has 1 aromatic carbocycles. The Morgan fingerprint density at radius 1 is 1.37 bits per heavy atom. The van der Waals surface area contributed by atoms with Crippen molar-refractivity contribution in [1.29, 1.82) is 0 Å². The first-order chi connectivity index (χ1) is 9.26. The SMILES string of the molecule is CC1CCNC2(CCCN(Cc3ccccc3)C2)S1. The van der Waals surface area contributed by atoms with Crippen LogP contribution in [0.5, 0.6) is 0 Å². The quantitative estimate of drug-likeness (QED) is 0.893. The van der Waals surface area contributed by atoms with Crippen LogP contribution in [-0.2, 0) is 6.54 Å². The smallest absolute Gasteiger partial charge is 0.0776 e. The second-order valence-electron chi connectivity index (χ2n) is 5.94. The van der Waals surface area contributed by atoms with E-state index in [4.69, 9.17) is 0 Å². The van der Waals surface area contributed by atoms with Gasteiger partial charge in [0, 0.05) is 18.3 Å². The largest absolute Gasteiger partial charge is 0.302 e. The first kappa shape index (κ1) is 13.5. The molecule has 0 bridgehead atoms. The highest BCUT2D eigenvalue weighted by Crippen LogP contribution is 2.39. The highest BCUT2D eigenvalue weighted by Gasteiger charge is 2.39. The third-order valence-electron chi connectivity index (χ3n) is 4.21. The van der Waals surface area contributed by atoms with E-state index in [1.165, 1.54) is 44.5 Å². The van der Waals surface area contributed by atoms with Gasteiger partial charge < -0.3 is 5.32 Å². The molecule has 2 atom stereocenters. The molecule has 2 nitrogen and oxygen atoms in total. The van der Waals surface area contributed by atoms with Gasteiger partial charge in [-0.2, -0.15) is 0 Å². The number of rotatable bonds is 2. The standard InChI is InChI=1S/C16H24N2S/c1-14-8-10-17-16(19-14)9-5-11-18(13-16)12-15-6-3-2-4-7-15/h2-4,6-7,14,17H,5,8-13H2,1H3. The van der Waals surface area contributed by atoms with Crippen LogP contribution in [0.3, 0.4) is 0 Å². The summed E-state index contributed by atoms with van der Waals surface area (Å²) < 4.78 is 0. The van der Waals surface area contributed by atoms with Gasteiger partial charge in [0.15, 0.2) is 0 Å². The summed E-state index contributed by atoms with van der Waals surface area (Å²) in [5.41, 5.74) is 1.44. The molecule has 19 heavy (non-hydrogen) atoms. The lowest BCUT2D eigenvalue weighted by Gasteiger charge is -2.47. The van der Waals surface area contributed by atoms with Gasteiger partial charge in [-0.15, -0.1) is 11.8 Å². The average molecular weight is 276 g/mol. The molecule has 0 saturated carbocycles. The van der Waals surface area contributed by atoms with Crippen molar-refractivity contribution < 1.29 is 0 Å². The summed E-state index contributed by atoms with van der Waals surface area (Å²) in [6, 6.07) is 10.9. The van der Waals surface area contributed by atoms with Crippen LogP contribution in [0.1, 0.15) is 31.7 Å². The number of piperidine rings is 1. The molecule has 2 unspecified atom stereocenters. The summed E-state index contributed by atoms with van der Waals surface area (Å²) in [5, 5.41) is 4.61. The van der Waals surface area contributed by atoms with E-state index >= 15 is 0 Å². The second-order valence-corrected chi connectivity index (χ2v) is 7.76. The van der Waals surface area contributed by atoms with E-state index in [2.05, 4.69) is 59.2 Å². The first-order valence-electron chi connectivity index (χ1n) is 7.45. The van der Waals surface area contributed by atoms with Crippen molar-refractivity contribution in [2.45, 2.75) is 42.9 Å². The molecule has 2 fully saturated rings. The van der Waals surface area contributed by atoms with Crippen molar-refractivity contribution in [2.24, 2.45) is 0 Å². The van der Waals surface area contributed by atoms with Gasteiger partial charge in [-0.1, -0.05) is 37.3 Å². The van der Waals surface area contributed by atoms with Crippen molar-refractivity contribution in [2.75, 3.05) is 19.6 Å². The third-order valence-corrected chi connectivity index (χ3v) is 5.77. The Bertz CT molecular complexity index is 404. The summed E-state index contributed by atoms with van der Waals surface area (Å²) in [7, 11) is 0. The minimum absolute atomic E-state index is 0.324. The number of hydrogen-bond donors (Lipinski definition) is 1. The van der Waals surface area contributed by atoms with Gasteiger partial charge in [-0.3, -0.25) is 4.90 Å². The van der Waals surface area contributed by atoms with E-state index in [1.807, 2.05) is 0 Å². The van der Waals surface area contributed by atoms with Crippen LogP contribution in [0.2, 0.25) is 0 Å². The molecule has 1 spiro atoms. The van der Waals surface area contributed by atoms with E-state index in [9.17, 15) is 0 Å². The third kappa shape index (κ3) is 3.33. The maximum atomic E-state index is 3.80. The minimum Gasteiger partial charge on any atom is -0.302 e. The fourth-order valence-electron chi connectivity index (χ4n) is 3.31. The van der Waals surface area contributed by atoms with Crippen molar-refractivity contribution in [1.82, 2.24) is 10.2 Å². The Balaban J connectivity index is 1.64. The normalized spacial score (nSPS) is 32.6. The zero-order chi connectivity index (χ0) is 13.1. The van der Waals surface area contributed by atoms with E-state index in [0.29, 0.717) is 4.87 Å². The Hall–Kier alpha value is -0.510. The molecule has 1 aromatic rings. The molecule has 3 heteroatoms. The van der Waals surface area contributed by atoms with Gasteiger partial charge in [-0.25, -0.2) is 0 Å². The lowest BCUT2D eigenvalue weighted by atomic mass is 10.0. The zero-order valence-corrected chi connectivity index (χ0v) is 12.6. The van der Waals surface area contributed by atoms with Gasteiger partial charge >= 0.3 is 0 Å². The van der Waals surface area contributed by atoms with Crippen molar-refractivity contribution in [3.8, 4) is 0 Å². The number of nitrogens with zero attached hydrogens (tertiary/aromatic N) is 1. The molecular formula is C16H24N2S. The molecule has 2 aliphatic heterocycles. The molecule has 0 aliphatic carbocycles. The van der Waals surface area contributed by atoms with Crippen LogP contribution < -0.4 is 5.32 Å². The Labute approximate surface area is 121 Å². The average Bonchev–Trinajstić information content (AvgIpc) is 2.39. The predicted octanol–water partition coefficient (Wildman–Crippen LogP) is 3.09. The van der Waals surface area contributed by atoms with Gasteiger partial charge in [0.1, 0.15) is 0 Å². The summed E-state index contributed by atoms with van der Waals surface area (Å²) in [5.74, 6) is 0. The van der Waals surface area contributed by atoms with Crippen molar-refractivity contribution >= 4 is 11.8 Å². The number of hydrogen-bond acceptors (Lipinski definition) is 3. The highest BCUT2D eigenvalue weighted by atomic mass is 32.2. The van der Waals surface area contributed by atoms with E-state index in [1.54, 1.807) is 0 Å². The van der Waals surface area contributed by atoms with Crippen molar-refractivity contribution in [3.05, 3.63) is 35.9 Å². The van der Waals surface area contributed by atoms with Crippen LogP contribution in [0.4, 0.5) is 0 Å². The summed E-state index contributed by atoms with van der Waals surface area (Å²) in [4.78, 5) is 2.95. The topological polar surface area (TPSA) is 15.3 Å². The number of benzene rings is 1. The van der Waals surface area contributed by atoms with Crippen LogP contribution in [-0.4, -0.2) is 34.7 Å². The maximum Gasteiger partial charge on any atom is 0.0776 e. The number of nitrogens with one attached hydrogen (secondary N) is 1. The molecule has 2 heterocycles. The molecule has 3 rings (SSSR count). The first-order valence-corrected chi connectivity index (χ1v) is 8.33. The second kappa shape index (κ2) is 5.86. The van der Waals surface area contributed by atoms with Gasteiger partial charge in [0.25, 0.3) is 0 Å². The summed E-state index contributed by atoms with van der Waals surface area (Å²) in [6.45, 7) is 7.10. The lowest BCUT2D eigenvalue weighted by molar-refractivity contribution is 0.164. The highest BCUT2D eigenvalue weighted by molar-refractivity contribution is 8.01. The molecule has 104 valence electrons. The Morgan fingerprint density at radius 2 is 2.21 bits per heavy atom. The lowest BCUT2D eigenvalue weighted by Crippen LogP contribution is -2.57. The van der Waals surface area contributed by atoms with Gasteiger partial charge in [0.2, 0.25) is 0 Å². The van der Waals surface area contributed by atoms with Crippen LogP contribution in [0.25, 0.3) is 0 Å². The minimum atomic E-state index is 0.324. The Morgan fingerprint density at radius 3 is 3.00 bits per heavy atom. The molecule has 1 N–H and O–H groups in total. The number of thioether (sulfide) groups is 1. The molecule has 0 radical (unpaired) electrons. The molecule has 0 amide bonds. The van der Waals surface area contributed by atoms with E-state index in [-0.39, 0.29) is 0 Å². The zero-order valence-electron chi connectivity index (χ0n) is 11.8. The van der Waals surface area contributed by atoms with Crippen LogP contribution >= 0.6 is 11.8 Å². The molecular weight excluding hydrogens is 252 g/mol. The molecule has 2 aliphatic rings. The van der Waals surface area contributed by atoms with Gasteiger partial charge in [-0.05, 0) is 37.9 Å².